The zero-order valence-corrected chi connectivity index (χ0v) is 11.8. The van der Waals surface area contributed by atoms with E-state index in [2.05, 4.69) is 15.6 Å². The normalized spacial score (nSPS) is 11.7. The molecule has 110 valence electrons. The Bertz CT molecular complexity index is 657. The molecule has 1 aromatic heterocycles. The maximum absolute atomic E-state index is 11.8. The first-order valence-corrected chi connectivity index (χ1v) is 6.88. The van der Waals surface area contributed by atoms with Crippen molar-refractivity contribution in [2.75, 3.05) is 5.32 Å². The maximum Gasteiger partial charge on any atom is 0.339 e. The van der Waals surface area contributed by atoms with Gasteiger partial charge in [0.1, 0.15) is 16.3 Å². The lowest BCUT2D eigenvalue weighted by atomic mass is 10.2. The number of thiazole rings is 1. The second kappa shape index (κ2) is 6.23. The molecule has 21 heavy (non-hydrogen) atoms. The third kappa shape index (κ3) is 3.69. The summed E-state index contributed by atoms with van der Waals surface area (Å²) in [5.74, 6) is -1.64. The van der Waals surface area contributed by atoms with Gasteiger partial charge in [-0.2, -0.15) is 0 Å². The number of carbonyl (C=O) groups excluding carboxylic acids is 1. The van der Waals surface area contributed by atoms with E-state index in [1.54, 1.807) is 13.1 Å². The molecule has 0 fully saturated rings. The SMILES string of the molecule is CC(NC(=O)Nc1ccc(C(=O)O)c(O)c1)c1nccs1. The first kappa shape index (κ1) is 14.8. The minimum absolute atomic E-state index is 0.225. The standard InChI is InChI=1S/C13H13N3O4S/c1-7(11-14-4-5-21-11)15-13(20)16-8-2-3-9(12(18)19)10(17)6-8/h2-7,17H,1H3,(H,18,19)(H2,15,16,20). The van der Waals surface area contributed by atoms with Crippen LogP contribution in [0.25, 0.3) is 0 Å². The predicted octanol–water partition coefficient (Wildman–Crippen LogP) is 2.43. The number of rotatable bonds is 4. The number of nitrogens with zero attached hydrogens (tertiary/aromatic N) is 1. The number of carbonyl (C=O) groups is 2. The third-order valence-electron chi connectivity index (χ3n) is 2.66. The van der Waals surface area contributed by atoms with Gasteiger partial charge in [-0.3, -0.25) is 0 Å². The number of hydrogen-bond acceptors (Lipinski definition) is 5. The lowest BCUT2D eigenvalue weighted by Crippen LogP contribution is -2.31. The van der Waals surface area contributed by atoms with Crippen molar-refractivity contribution in [1.29, 1.82) is 0 Å². The highest BCUT2D eigenvalue weighted by molar-refractivity contribution is 7.09. The summed E-state index contributed by atoms with van der Waals surface area (Å²) >= 11 is 1.43. The molecule has 0 aliphatic rings. The molecule has 1 heterocycles. The fourth-order valence-electron chi connectivity index (χ4n) is 1.66. The van der Waals surface area contributed by atoms with E-state index >= 15 is 0 Å². The van der Waals surface area contributed by atoms with Gasteiger partial charge in [-0.1, -0.05) is 0 Å². The van der Waals surface area contributed by atoms with Gasteiger partial charge in [0.15, 0.2) is 0 Å². The van der Waals surface area contributed by atoms with Crippen molar-refractivity contribution in [3.8, 4) is 5.75 Å². The topological polar surface area (TPSA) is 112 Å². The second-order valence-electron chi connectivity index (χ2n) is 4.23. The van der Waals surface area contributed by atoms with Crippen molar-refractivity contribution in [3.63, 3.8) is 0 Å². The molecule has 4 N–H and O–H groups in total. The summed E-state index contributed by atoms with van der Waals surface area (Å²) in [5.41, 5.74) is 0.0680. The number of aromatic hydroxyl groups is 1. The number of carboxylic acid groups (broad SMARTS) is 1. The minimum Gasteiger partial charge on any atom is -0.507 e. The molecule has 0 bridgehead atoms. The molecule has 0 aliphatic carbocycles. The summed E-state index contributed by atoms with van der Waals surface area (Å²) in [7, 11) is 0. The Morgan fingerprint density at radius 2 is 2.14 bits per heavy atom. The highest BCUT2D eigenvalue weighted by Gasteiger charge is 2.13. The van der Waals surface area contributed by atoms with Crippen molar-refractivity contribution in [2.24, 2.45) is 0 Å². The van der Waals surface area contributed by atoms with Crippen molar-refractivity contribution in [1.82, 2.24) is 10.3 Å². The van der Waals surface area contributed by atoms with Crippen LogP contribution >= 0.6 is 11.3 Å². The molecular formula is C13H13N3O4S. The number of aromatic carboxylic acids is 1. The molecule has 2 aromatic rings. The van der Waals surface area contributed by atoms with Gasteiger partial charge < -0.3 is 20.8 Å². The molecule has 0 saturated heterocycles. The third-order valence-corrected chi connectivity index (χ3v) is 3.61. The Morgan fingerprint density at radius 3 is 2.71 bits per heavy atom. The summed E-state index contributed by atoms with van der Waals surface area (Å²) < 4.78 is 0. The Morgan fingerprint density at radius 1 is 1.38 bits per heavy atom. The van der Waals surface area contributed by atoms with Crippen molar-refractivity contribution in [3.05, 3.63) is 40.3 Å². The number of benzene rings is 1. The molecule has 2 rings (SSSR count). The number of phenols is 1. The predicted molar refractivity (Wildman–Crippen MR) is 77.7 cm³/mol. The van der Waals surface area contributed by atoms with E-state index in [1.165, 1.54) is 29.5 Å². The molecule has 1 unspecified atom stereocenters. The lowest BCUT2D eigenvalue weighted by Gasteiger charge is -2.12. The van der Waals surface area contributed by atoms with Crippen LogP contribution in [-0.4, -0.2) is 27.2 Å². The van der Waals surface area contributed by atoms with Gasteiger partial charge in [0.25, 0.3) is 0 Å². The fourth-order valence-corrected chi connectivity index (χ4v) is 2.31. The number of anilines is 1. The van der Waals surface area contributed by atoms with E-state index in [-0.39, 0.29) is 11.6 Å². The number of urea groups is 1. The zero-order chi connectivity index (χ0) is 15.4. The molecular weight excluding hydrogens is 294 g/mol. The summed E-state index contributed by atoms with van der Waals surface area (Å²) in [6.07, 6.45) is 1.65. The highest BCUT2D eigenvalue weighted by atomic mass is 32.1. The zero-order valence-electron chi connectivity index (χ0n) is 11.0. The summed E-state index contributed by atoms with van der Waals surface area (Å²) in [6, 6.07) is 3.07. The molecule has 0 aliphatic heterocycles. The van der Waals surface area contributed by atoms with Crippen LogP contribution < -0.4 is 10.6 Å². The molecule has 7 nitrogen and oxygen atoms in total. The Labute approximate surface area is 124 Å². The van der Waals surface area contributed by atoms with E-state index in [1.807, 2.05) is 5.38 Å². The van der Waals surface area contributed by atoms with Crippen LogP contribution in [0, 0.1) is 0 Å². The Balaban J connectivity index is 2.00. The summed E-state index contributed by atoms with van der Waals surface area (Å²) in [4.78, 5) is 26.7. The first-order chi connectivity index (χ1) is 9.97. The number of aromatic nitrogens is 1. The average molecular weight is 307 g/mol. The largest absolute Gasteiger partial charge is 0.507 e. The van der Waals surface area contributed by atoms with Crippen LogP contribution in [0.3, 0.4) is 0 Å². The Hall–Kier alpha value is -2.61. The quantitative estimate of drug-likeness (QED) is 0.693. The van der Waals surface area contributed by atoms with Crippen molar-refractivity contribution < 1.29 is 19.8 Å². The first-order valence-electron chi connectivity index (χ1n) is 6.00. The van der Waals surface area contributed by atoms with Crippen molar-refractivity contribution >= 4 is 29.0 Å². The number of amides is 2. The highest BCUT2D eigenvalue weighted by Crippen LogP contribution is 2.22. The molecule has 1 aromatic carbocycles. The number of hydrogen-bond donors (Lipinski definition) is 4. The van der Waals surface area contributed by atoms with Crippen LogP contribution in [0.15, 0.2) is 29.8 Å². The summed E-state index contributed by atoms with van der Waals surface area (Å²) in [6.45, 7) is 1.80. The molecule has 0 spiro atoms. The number of nitrogens with one attached hydrogen (secondary N) is 2. The minimum atomic E-state index is -1.24. The van der Waals surface area contributed by atoms with Gasteiger partial charge in [-0.25, -0.2) is 14.6 Å². The van der Waals surface area contributed by atoms with Crippen LogP contribution in [0.2, 0.25) is 0 Å². The van der Waals surface area contributed by atoms with Gasteiger partial charge in [-0.15, -0.1) is 11.3 Å². The smallest absolute Gasteiger partial charge is 0.339 e. The molecule has 2 amide bonds. The van der Waals surface area contributed by atoms with E-state index in [4.69, 9.17) is 5.11 Å². The summed E-state index contributed by atoms with van der Waals surface area (Å²) in [5, 5.41) is 26.1. The molecule has 0 radical (unpaired) electrons. The van der Waals surface area contributed by atoms with E-state index < -0.39 is 17.7 Å². The second-order valence-corrected chi connectivity index (χ2v) is 5.15. The van der Waals surface area contributed by atoms with Crippen LogP contribution in [0.5, 0.6) is 5.75 Å². The van der Waals surface area contributed by atoms with Gasteiger partial charge in [0.05, 0.1) is 6.04 Å². The van der Waals surface area contributed by atoms with Gasteiger partial charge in [0.2, 0.25) is 0 Å². The maximum atomic E-state index is 11.8. The van der Waals surface area contributed by atoms with Crippen LogP contribution in [0.1, 0.15) is 28.3 Å². The molecule has 1 atom stereocenters. The molecule has 0 saturated carbocycles. The van der Waals surface area contributed by atoms with E-state index in [9.17, 15) is 14.7 Å². The lowest BCUT2D eigenvalue weighted by molar-refractivity contribution is 0.0694. The van der Waals surface area contributed by atoms with Crippen molar-refractivity contribution in [2.45, 2.75) is 13.0 Å². The van der Waals surface area contributed by atoms with Crippen LogP contribution in [0.4, 0.5) is 10.5 Å². The van der Waals surface area contributed by atoms with Gasteiger partial charge in [-0.05, 0) is 19.1 Å². The Kier molecular flexibility index (Phi) is 4.39. The van der Waals surface area contributed by atoms with E-state index in [0.717, 1.165) is 5.01 Å². The van der Waals surface area contributed by atoms with Gasteiger partial charge >= 0.3 is 12.0 Å². The molecule has 8 heteroatoms. The van der Waals surface area contributed by atoms with E-state index in [0.29, 0.717) is 5.69 Å². The van der Waals surface area contributed by atoms with Gasteiger partial charge in [0, 0.05) is 23.3 Å². The average Bonchev–Trinajstić information content (AvgIpc) is 2.91. The fraction of sp³-hybridized carbons (Fsp3) is 0.154. The monoisotopic (exact) mass is 307 g/mol. The van der Waals surface area contributed by atoms with Crippen LogP contribution in [-0.2, 0) is 0 Å². The number of carboxylic acids is 1.